The second kappa shape index (κ2) is 9.55. The van der Waals surface area contributed by atoms with Crippen LogP contribution in [0.25, 0.3) is 0 Å². The van der Waals surface area contributed by atoms with Gasteiger partial charge in [0.05, 0.1) is 23.8 Å². The van der Waals surface area contributed by atoms with Gasteiger partial charge in [-0.3, -0.25) is 0 Å². The van der Waals surface area contributed by atoms with E-state index in [1.165, 1.54) is 12.1 Å². The van der Waals surface area contributed by atoms with E-state index in [2.05, 4.69) is 4.74 Å². The van der Waals surface area contributed by atoms with Crippen LogP contribution in [0.1, 0.15) is 5.56 Å². The molecule has 34 heavy (non-hydrogen) atoms. The summed E-state index contributed by atoms with van der Waals surface area (Å²) in [7, 11) is -4.40. The Hall–Kier alpha value is -2.63. The van der Waals surface area contributed by atoms with Gasteiger partial charge in [0.1, 0.15) is 33.9 Å². The number of nitrogens with zero attached hydrogens (tertiary/aromatic N) is 2. The fourth-order valence-electron chi connectivity index (χ4n) is 3.38. The molecular weight excluding hydrogens is 508 g/mol. The van der Waals surface area contributed by atoms with Gasteiger partial charge in [-0.2, -0.15) is 9.57 Å². The number of β-amino-alcohol motifs (C(OH)–C–C–N with tert-alkyl or cyclic N) is 1. The lowest BCUT2D eigenvalue weighted by Gasteiger charge is -2.26. The highest BCUT2D eigenvalue weighted by Gasteiger charge is 2.49. The second-order valence-corrected chi connectivity index (χ2v) is 9.77. The summed E-state index contributed by atoms with van der Waals surface area (Å²) in [5, 5.41) is 28.7. The van der Waals surface area contributed by atoms with Crippen molar-refractivity contribution in [3.63, 3.8) is 0 Å². The number of sulfonamides is 1. The molecule has 1 aliphatic heterocycles. The summed E-state index contributed by atoms with van der Waals surface area (Å²) in [4.78, 5) is -0.528. The number of alkyl halides is 3. The zero-order valence-corrected chi connectivity index (χ0v) is 18.7. The Labute approximate surface area is 196 Å². The van der Waals surface area contributed by atoms with Crippen LogP contribution in [0.15, 0.2) is 41.3 Å². The third kappa shape index (κ3) is 5.53. The molecule has 0 amide bonds. The summed E-state index contributed by atoms with van der Waals surface area (Å²) in [5.74, 6) is -2.50. The lowest BCUT2D eigenvalue weighted by molar-refractivity contribution is -0.274. The predicted octanol–water partition coefficient (Wildman–Crippen LogP) is 2.67. The first-order chi connectivity index (χ1) is 15.8. The lowest BCUT2D eigenvalue weighted by atomic mass is 9.92. The van der Waals surface area contributed by atoms with Crippen molar-refractivity contribution in [2.75, 3.05) is 26.3 Å². The molecule has 1 aliphatic rings. The zero-order chi connectivity index (χ0) is 25.3. The first-order valence-corrected chi connectivity index (χ1v) is 11.3. The molecule has 14 heteroatoms. The quantitative estimate of drug-likeness (QED) is 0.534. The van der Waals surface area contributed by atoms with Crippen molar-refractivity contribution in [2.45, 2.75) is 16.9 Å². The number of aliphatic hydroxyl groups excluding tert-OH is 1. The molecule has 0 aromatic heterocycles. The highest BCUT2D eigenvalue weighted by Crippen LogP contribution is 2.36. The summed E-state index contributed by atoms with van der Waals surface area (Å²) in [5.41, 5.74) is -2.13. The maximum absolute atomic E-state index is 13.8. The van der Waals surface area contributed by atoms with E-state index in [-0.39, 0.29) is 24.5 Å². The topological polar surface area (TPSA) is 120 Å². The zero-order valence-electron chi connectivity index (χ0n) is 17.1. The van der Waals surface area contributed by atoms with Gasteiger partial charge >= 0.3 is 6.36 Å². The standard InChI is InChI=1S/C20H17ClF4N2O6S/c21-16-5-15(33-20(23,24)25)3-4-18(16)34(30,31)27-8-13(19(29,10-27)11-28)9-32-14-2-1-12(7-26)17(22)6-14/h1-6,13,28-29H,8-11H2/t13-,19-/m1/s1. The van der Waals surface area contributed by atoms with Crippen molar-refractivity contribution < 1.29 is 45.7 Å². The molecule has 2 N–H and O–H groups in total. The average molecular weight is 525 g/mol. The number of ether oxygens (including phenoxy) is 2. The van der Waals surface area contributed by atoms with Gasteiger partial charge in [-0.15, -0.1) is 13.2 Å². The Morgan fingerprint density at radius 2 is 1.91 bits per heavy atom. The van der Waals surface area contributed by atoms with Crippen LogP contribution in [0.4, 0.5) is 17.6 Å². The summed E-state index contributed by atoms with van der Waals surface area (Å²) in [6.07, 6.45) is -5.00. The SMILES string of the molecule is N#Cc1ccc(OC[C@H]2CN(S(=O)(=O)c3ccc(OC(F)(F)F)cc3Cl)C[C@@]2(O)CO)cc1F. The highest BCUT2D eigenvalue weighted by molar-refractivity contribution is 7.89. The number of nitriles is 1. The van der Waals surface area contributed by atoms with E-state index in [1.54, 1.807) is 6.07 Å². The fourth-order valence-corrected chi connectivity index (χ4v) is 5.44. The van der Waals surface area contributed by atoms with Gasteiger partial charge in [-0.25, -0.2) is 12.8 Å². The molecule has 0 aliphatic carbocycles. The summed E-state index contributed by atoms with van der Waals surface area (Å²) in [6, 6.07) is 7.39. The monoisotopic (exact) mass is 524 g/mol. The normalized spacial score (nSPS) is 21.3. The van der Waals surface area contributed by atoms with Gasteiger partial charge in [0.15, 0.2) is 0 Å². The third-order valence-corrected chi connectivity index (χ3v) is 7.47. The third-order valence-electron chi connectivity index (χ3n) is 5.17. The van der Waals surface area contributed by atoms with Crippen LogP contribution in [-0.4, -0.2) is 61.2 Å². The number of halogens is 5. The minimum atomic E-state index is -5.00. The maximum atomic E-state index is 13.8. The summed E-state index contributed by atoms with van der Waals surface area (Å²) < 4.78 is 87.0. The van der Waals surface area contributed by atoms with Gasteiger partial charge in [-0.1, -0.05) is 11.6 Å². The van der Waals surface area contributed by atoms with E-state index >= 15 is 0 Å². The molecule has 0 bridgehead atoms. The predicted molar refractivity (Wildman–Crippen MR) is 109 cm³/mol. The maximum Gasteiger partial charge on any atom is 0.573 e. The Balaban J connectivity index is 1.79. The van der Waals surface area contributed by atoms with Gasteiger partial charge in [0.2, 0.25) is 10.0 Å². The smallest absolute Gasteiger partial charge is 0.493 e. The molecule has 1 fully saturated rings. The molecule has 184 valence electrons. The minimum absolute atomic E-state index is 0.0152. The highest BCUT2D eigenvalue weighted by atomic mass is 35.5. The molecule has 2 atom stereocenters. The minimum Gasteiger partial charge on any atom is -0.493 e. The van der Waals surface area contributed by atoms with E-state index in [1.807, 2.05) is 0 Å². The Morgan fingerprint density at radius 1 is 1.24 bits per heavy atom. The van der Waals surface area contributed by atoms with E-state index in [0.29, 0.717) is 6.07 Å². The molecule has 1 heterocycles. The molecule has 0 saturated carbocycles. The summed E-state index contributed by atoms with van der Waals surface area (Å²) in [6.45, 7) is -2.05. The van der Waals surface area contributed by atoms with Crippen LogP contribution in [0.5, 0.6) is 11.5 Å². The van der Waals surface area contributed by atoms with E-state index in [0.717, 1.165) is 22.5 Å². The lowest BCUT2D eigenvalue weighted by Crippen LogP contribution is -2.44. The fraction of sp³-hybridized carbons (Fsp3) is 0.350. The van der Waals surface area contributed by atoms with Gasteiger partial charge in [-0.05, 0) is 24.3 Å². The first-order valence-electron chi connectivity index (χ1n) is 9.50. The van der Waals surface area contributed by atoms with Gasteiger partial charge < -0.3 is 19.7 Å². The number of hydrogen-bond donors (Lipinski definition) is 2. The van der Waals surface area contributed by atoms with Gasteiger partial charge in [0.25, 0.3) is 0 Å². The number of aliphatic hydroxyl groups is 2. The van der Waals surface area contributed by atoms with Crippen LogP contribution >= 0.6 is 11.6 Å². The average Bonchev–Trinajstić information content (AvgIpc) is 3.09. The van der Waals surface area contributed by atoms with Gasteiger partial charge in [0, 0.05) is 31.1 Å². The Kier molecular flexibility index (Phi) is 7.30. The molecule has 2 aromatic rings. The van der Waals surface area contributed by atoms with Crippen molar-refractivity contribution in [2.24, 2.45) is 5.92 Å². The van der Waals surface area contributed by atoms with E-state index in [4.69, 9.17) is 21.6 Å². The molecular formula is C20H17ClF4N2O6S. The number of benzene rings is 2. The molecule has 2 aromatic carbocycles. The second-order valence-electron chi connectivity index (χ2n) is 7.46. The molecule has 0 unspecified atom stereocenters. The number of hydrogen-bond acceptors (Lipinski definition) is 7. The molecule has 1 saturated heterocycles. The van der Waals surface area contributed by atoms with Crippen LogP contribution in [0.3, 0.4) is 0 Å². The van der Waals surface area contributed by atoms with Crippen LogP contribution < -0.4 is 9.47 Å². The number of rotatable bonds is 7. The first kappa shape index (κ1) is 26.0. The van der Waals surface area contributed by atoms with E-state index < -0.39 is 62.5 Å². The van der Waals surface area contributed by atoms with Crippen LogP contribution in [0.2, 0.25) is 5.02 Å². The Morgan fingerprint density at radius 3 is 2.47 bits per heavy atom. The summed E-state index contributed by atoms with van der Waals surface area (Å²) >= 11 is 5.90. The van der Waals surface area contributed by atoms with Crippen molar-refractivity contribution in [3.8, 4) is 17.6 Å². The molecule has 0 radical (unpaired) electrons. The molecule has 0 spiro atoms. The van der Waals surface area contributed by atoms with Crippen molar-refractivity contribution in [1.82, 2.24) is 4.31 Å². The van der Waals surface area contributed by atoms with Crippen molar-refractivity contribution in [1.29, 1.82) is 5.26 Å². The largest absolute Gasteiger partial charge is 0.573 e. The van der Waals surface area contributed by atoms with E-state index in [9.17, 15) is 36.2 Å². The molecule has 3 rings (SSSR count). The van der Waals surface area contributed by atoms with Crippen molar-refractivity contribution in [3.05, 3.63) is 52.8 Å². The van der Waals surface area contributed by atoms with Crippen LogP contribution in [-0.2, 0) is 10.0 Å². The Bertz CT molecular complexity index is 1220. The van der Waals surface area contributed by atoms with Crippen molar-refractivity contribution >= 4 is 21.6 Å². The molecule has 8 nitrogen and oxygen atoms in total. The van der Waals surface area contributed by atoms with Crippen LogP contribution in [0, 0.1) is 23.1 Å².